The number of aromatic amines is 1. The summed E-state index contributed by atoms with van der Waals surface area (Å²) < 4.78 is 26.0. The predicted octanol–water partition coefficient (Wildman–Crippen LogP) is 5.78. The molecule has 0 radical (unpaired) electrons. The Balaban J connectivity index is 1.45. The third-order valence-electron chi connectivity index (χ3n) is 5.53. The first kappa shape index (κ1) is 24.9. The molecule has 0 bridgehead atoms. The molecule has 1 aromatic heterocycles. The molecule has 35 heavy (non-hydrogen) atoms. The van der Waals surface area contributed by atoms with Gasteiger partial charge in [0.15, 0.2) is 9.84 Å². The van der Waals surface area contributed by atoms with Crippen molar-refractivity contribution < 1.29 is 13.2 Å². The highest BCUT2D eigenvalue weighted by Crippen LogP contribution is 2.28. The van der Waals surface area contributed by atoms with Crippen LogP contribution in [0.15, 0.2) is 77.8 Å². The molecule has 0 spiro atoms. The molecule has 0 unspecified atom stereocenters. The van der Waals surface area contributed by atoms with Crippen LogP contribution in [-0.2, 0) is 15.3 Å². The Morgan fingerprint density at radius 2 is 1.57 bits per heavy atom. The van der Waals surface area contributed by atoms with Gasteiger partial charge in [0.1, 0.15) is 0 Å². The number of carbonyl (C=O) groups is 1. The number of hydrogen-bond donors (Lipinski definition) is 2. The molecule has 10 heteroatoms. The molecule has 1 amide bonds. The normalized spacial score (nSPS) is 11.9. The molecule has 3 aromatic carbocycles. The lowest BCUT2D eigenvalue weighted by Gasteiger charge is -2.21. The van der Waals surface area contributed by atoms with Gasteiger partial charge < -0.3 is 5.32 Å². The molecule has 0 saturated carbocycles. The maximum atomic E-state index is 13.0. The SMILES string of the molecule is CC(C)(CS(=O)(=O)c1ccc(-c2ccc(NC(=O)c3ccc(Cl)c(Cl)c3)cc2)cc1)c1cn[nH]n1. The topological polar surface area (TPSA) is 105 Å². The molecule has 2 N–H and O–H groups in total. The standard InChI is InChI=1S/C25H22Cl2N4O3S/c1-25(2,23-14-28-31-30-23)15-35(33,34)20-10-5-17(6-11-20)16-3-8-19(9-4-16)29-24(32)18-7-12-21(26)22(27)13-18/h3-14H,15H2,1-2H3,(H,29,32)(H,28,30,31). The number of halogens is 2. The minimum Gasteiger partial charge on any atom is -0.322 e. The van der Waals surface area contributed by atoms with Gasteiger partial charge in [0.2, 0.25) is 0 Å². The lowest BCUT2D eigenvalue weighted by molar-refractivity contribution is 0.102. The van der Waals surface area contributed by atoms with Crippen molar-refractivity contribution in [2.45, 2.75) is 24.2 Å². The number of amides is 1. The minimum atomic E-state index is -3.54. The highest BCUT2D eigenvalue weighted by atomic mass is 35.5. The summed E-state index contributed by atoms with van der Waals surface area (Å²) in [5.41, 5.74) is 2.63. The van der Waals surface area contributed by atoms with Crippen molar-refractivity contribution in [2.24, 2.45) is 0 Å². The van der Waals surface area contributed by atoms with Gasteiger partial charge >= 0.3 is 0 Å². The zero-order chi connectivity index (χ0) is 25.2. The zero-order valence-corrected chi connectivity index (χ0v) is 21.2. The molecule has 0 atom stereocenters. The highest BCUT2D eigenvalue weighted by molar-refractivity contribution is 7.91. The Morgan fingerprint density at radius 1 is 0.943 bits per heavy atom. The molecule has 0 aliphatic carbocycles. The Bertz CT molecular complexity index is 1450. The number of nitrogens with zero attached hydrogens (tertiary/aromatic N) is 2. The second-order valence-corrected chi connectivity index (χ2v) is 11.5. The molecule has 4 aromatic rings. The van der Waals surface area contributed by atoms with E-state index in [0.29, 0.717) is 27.0 Å². The lowest BCUT2D eigenvalue weighted by Crippen LogP contribution is -2.28. The Labute approximate surface area is 213 Å². The van der Waals surface area contributed by atoms with Crippen LogP contribution >= 0.6 is 23.2 Å². The molecule has 180 valence electrons. The summed E-state index contributed by atoms with van der Waals surface area (Å²) in [6.45, 7) is 3.64. The van der Waals surface area contributed by atoms with Crippen molar-refractivity contribution in [3.8, 4) is 11.1 Å². The Hall–Kier alpha value is -3.20. The summed E-state index contributed by atoms with van der Waals surface area (Å²) in [6, 6.07) is 18.7. The van der Waals surface area contributed by atoms with E-state index in [1.54, 1.807) is 48.5 Å². The third kappa shape index (κ3) is 5.73. The fourth-order valence-electron chi connectivity index (χ4n) is 3.60. The van der Waals surface area contributed by atoms with Gasteiger partial charge in [-0.15, -0.1) is 0 Å². The number of carbonyl (C=O) groups excluding carboxylic acids is 1. The van der Waals surface area contributed by atoms with E-state index in [2.05, 4.69) is 20.7 Å². The van der Waals surface area contributed by atoms with E-state index < -0.39 is 15.3 Å². The smallest absolute Gasteiger partial charge is 0.255 e. The number of sulfone groups is 1. The molecule has 0 aliphatic rings. The summed E-state index contributed by atoms with van der Waals surface area (Å²) in [5.74, 6) is -0.404. The van der Waals surface area contributed by atoms with Crippen LogP contribution in [0, 0.1) is 0 Å². The number of benzene rings is 3. The van der Waals surface area contributed by atoms with Crippen LogP contribution in [0.1, 0.15) is 29.9 Å². The fourth-order valence-corrected chi connectivity index (χ4v) is 5.71. The van der Waals surface area contributed by atoms with Gasteiger partial charge in [-0.3, -0.25) is 4.79 Å². The van der Waals surface area contributed by atoms with E-state index in [1.807, 2.05) is 26.0 Å². The number of hydrogen-bond acceptors (Lipinski definition) is 5. The molecular formula is C25H22Cl2N4O3S. The second kappa shape index (κ2) is 9.81. The molecule has 0 saturated heterocycles. The monoisotopic (exact) mass is 528 g/mol. The van der Waals surface area contributed by atoms with Gasteiger partial charge in [0, 0.05) is 16.7 Å². The summed E-state index contributed by atoms with van der Waals surface area (Å²) in [4.78, 5) is 12.7. The van der Waals surface area contributed by atoms with Gasteiger partial charge in [-0.2, -0.15) is 15.4 Å². The van der Waals surface area contributed by atoms with E-state index in [-0.39, 0.29) is 16.6 Å². The van der Waals surface area contributed by atoms with Crippen LogP contribution in [0.3, 0.4) is 0 Å². The molecule has 0 aliphatic heterocycles. The van der Waals surface area contributed by atoms with E-state index in [1.165, 1.54) is 12.3 Å². The summed E-state index contributed by atoms with van der Waals surface area (Å²) in [5, 5.41) is 13.8. The number of aromatic nitrogens is 3. The predicted molar refractivity (Wildman–Crippen MR) is 138 cm³/mol. The van der Waals surface area contributed by atoms with Crippen molar-refractivity contribution in [1.82, 2.24) is 15.4 Å². The molecular weight excluding hydrogens is 507 g/mol. The average molecular weight is 529 g/mol. The van der Waals surface area contributed by atoms with Gasteiger partial charge in [-0.25, -0.2) is 8.42 Å². The fraction of sp³-hybridized carbons (Fsp3) is 0.160. The van der Waals surface area contributed by atoms with Crippen molar-refractivity contribution in [2.75, 3.05) is 11.1 Å². The Kier molecular flexibility index (Phi) is 6.98. The molecule has 1 heterocycles. The second-order valence-electron chi connectivity index (χ2n) is 8.68. The first-order chi connectivity index (χ1) is 16.5. The van der Waals surface area contributed by atoms with Crippen molar-refractivity contribution >= 4 is 44.6 Å². The minimum absolute atomic E-state index is 0.0981. The van der Waals surface area contributed by atoms with E-state index in [4.69, 9.17) is 23.2 Å². The third-order valence-corrected chi connectivity index (χ3v) is 8.36. The van der Waals surface area contributed by atoms with E-state index >= 15 is 0 Å². The largest absolute Gasteiger partial charge is 0.322 e. The first-order valence-corrected chi connectivity index (χ1v) is 13.0. The van der Waals surface area contributed by atoms with Crippen molar-refractivity contribution in [3.63, 3.8) is 0 Å². The molecule has 4 rings (SSSR count). The van der Waals surface area contributed by atoms with Crippen LogP contribution in [0.25, 0.3) is 11.1 Å². The molecule has 7 nitrogen and oxygen atoms in total. The lowest BCUT2D eigenvalue weighted by atomic mass is 9.93. The molecule has 0 fully saturated rings. The zero-order valence-electron chi connectivity index (χ0n) is 18.9. The maximum Gasteiger partial charge on any atom is 0.255 e. The van der Waals surface area contributed by atoms with Crippen molar-refractivity contribution in [1.29, 1.82) is 0 Å². The number of nitrogens with one attached hydrogen (secondary N) is 2. The van der Waals surface area contributed by atoms with Crippen LogP contribution in [0.2, 0.25) is 10.0 Å². The van der Waals surface area contributed by atoms with E-state index in [0.717, 1.165) is 11.1 Å². The van der Waals surface area contributed by atoms with Crippen LogP contribution in [-0.4, -0.2) is 35.5 Å². The number of rotatable bonds is 7. The van der Waals surface area contributed by atoms with Gasteiger partial charge in [0.05, 0.1) is 32.6 Å². The first-order valence-electron chi connectivity index (χ1n) is 10.6. The quantitative estimate of drug-likeness (QED) is 0.316. The summed E-state index contributed by atoms with van der Waals surface area (Å²) in [7, 11) is -3.54. The summed E-state index contributed by atoms with van der Waals surface area (Å²) in [6.07, 6.45) is 1.54. The summed E-state index contributed by atoms with van der Waals surface area (Å²) >= 11 is 11.9. The Morgan fingerprint density at radius 3 is 2.14 bits per heavy atom. The van der Waals surface area contributed by atoms with Crippen LogP contribution < -0.4 is 5.32 Å². The number of H-pyrrole nitrogens is 1. The average Bonchev–Trinajstić information content (AvgIpc) is 3.37. The maximum absolute atomic E-state index is 13.0. The van der Waals surface area contributed by atoms with Gasteiger partial charge in [-0.1, -0.05) is 61.3 Å². The van der Waals surface area contributed by atoms with Gasteiger partial charge in [-0.05, 0) is 53.6 Å². The highest BCUT2D eigenvalue weighted by Gasteiger charge is 2.31. The van der Waals surface area contributed by atoms with Crippen molar-refractivity contribution in [3.05, 3.63) is 94.2 Å². The number of anilines is 1. The van der Waals surface area contributed by atoms with Crippen LogP contribution in [0.5, 0.6) is 0 Å². The van der Waals surface area contributed by atoms with E-state index in [9.17, 15) is 13.2 Å². The van der Waals surface area contributed by atoms with Gasteiger partial charge in [0.25, 0.3) is 5.91 Å². The van der Waals surface area contributed by atoms with Crippen LogP contribution in [0.4, 0.5) is 5.69 Å².